The minimum absolute atomic E-state index is 0.451. The van der Waals surface area contributed by atoms with Crippen molar-refractivity contribution >= 4 is 0 Å². The van der Waals surface area contributed by atoms with E-state index >= 15 is 0 Å². The second-order valence-corrected chi connectivity index (χ2v) is 3.96. The van der Waals surface area contributed by atoms with Crippen LogP contribution >= 0.6 is 0 Å². The van der Waals surface area contributed by atoms with Crippen molar-refractivity contribution in [1.29, 1.82) is 0 Å². The number of hydrogen-bond donors (Lipinski definition) is 0. The third kappa shape index (κ3) is 4.16. The van der Waals surface area contributed by atoms with Crippen LogP contribution in [0.15, 0.2) is 24.9 Å². The molecule has 0 aromatic carbocycles. The average Bonchev–Trinajstić information content (AvgIpc) is 2.11. The Morgan fingerprint density at radius 1 is 1.54 bits per heavy atom. The summed E-state index contributed by atoms with van der Waals surface area (Å²) in [5.74, 6) is 0.754. The molecule has 76 valence electrons. The van der Waals surface area contributed by atoms with Crippen LogP contribution in [0.4, 0.5) is 0 Å². The summed E-state index contributed by atoms with van der Waals surface area (Å²) in [5, 5.41) is 0. The molecule has 0 saturated carbocycles. The summed E-state index contributed by atoms with van der Waals surface area (Å²) < 4.78 is 0. The van der Waals surface area contributed by atoms with Crippen molar-refractivity contribution in [3.63, 3.8) is 0 Å². The van der Waals surface area contributed by atoms with Crippen LogP contribution in [0.2, 0.25) is 0 Å². The topological polar surface area (TPSA) is 3.24 Å². The zero-order valence-electron chi connectivity index (χ0n) is 9.51. The van der Waals surface area contributed by atoms with Crippen LogP contribution in [0.5, 0.6) is 0 Å². The SMILES string of the molecule is C=CN(C)C(CC(C)CC)C(=C)C. The maximum absolute atomic E-state index is 4.02. The third-order valence-corrected chi connectivity index (χ3v) is 2.67. The molecule has 0 fully saturated rings. The highest BCUT2D eigenvalue weighted by Crippen LogP contribution is 2.18. The first kappa shape index (κ1) is 12.3. The summed E-state index contributed by atoms with van der Waals surface area (Å²) in [7, 11) is 2.06. The highest BCUT2D eigenvalue weighted by atomic mass is 15.1. The van der Waals surface area contributed by atoms with E-state index in [4.69, 9.17) is 0 Å². The normalized spacial score (nSPS) is 14.8. The molecule has 2 unspecified atom stereocenters. The first-order valence-electron chi connectivity index (χ1n) is 5.02. The number of nitrogens with zero attached hydrogens (tertiary/aromatic N) is 1. The molecule has 0 bridgehead atoms. The van der Waals surface area contributed by atoms with E-state index in [1.807, 2.05) is 6.20 Å². The molecule has 0 radical (unpaired) electrons. The van der Waals surface area contributed by atoms with Crippen LogP contribution in [-0.4, -0.2) is 18.0 Å². The lowest BCUT2D eigenvalue weighted by Crippen LogP contribution is -2.29. The van der Waals surface area contributed by atoms with E-state index in [0.717, 1.165) is 5.92 Å². The van der Waals surface area contributed by atoms with E-state index in [9.17, 15) is 0 Å². The molecule has 13 heavy (non-hydrogen) atoms. The zero-order chi connectivity index (χ0) is 10.4. The van der Waals surface area contributed by atoms with Gasteiger partial charge in [-0.05, 0) is 25.5 Å². The van der Waals surface area contributed by atoms with Gasteiger partial charge in [0.15, 0.2) is 0 Å². The van der Waals surface area contributed by atoms with Gasteiger partial charge in [-0.15, -0.1) is 0 Å². The van der Waals surface area contributed by atoms with Crippen molar-refractivity contribution in [1.82, 2.24) is 4.90 Å². The van der Waals surface area contributed by atoms with Gasteiger partial charge in [0.1, 0.15) is 0 Å². The molecule has 0 spiro atoms. The lowest BCUT2D eigenvalue weighted by Gasteiger charge is -2.29. The van der Waals surface area contributed by atoms with Crippen LogP contribution in [0, 0.1) is 5.92 Å². The second kappa shape index (κ2) is 5.85. The smallest absolute Gasteiger partial charge is 0.0490 e. The van der Waals surface area contributed by atoms with Crippen LogP contribution < -0.4 is 0 Å². The summed E-state index contributed by atoms with van der Waals surface area (Å²) in [6.45, 7) is 14.4. The highest BCUT2D eigenvalue weighted by Gasteiger charge is 2.14. The molecule has 0 aliphatic heterocycles. The van der Waals surface area contributed by atoms with Gasteiger partial charge in [0.2, 0.25) is 0 Å². The Hall–Kier alpha value is -0.720. The molecule has 0 amide bonds. The van der Waals surface area contributed by atoms with E-state index in [2.05, 4.69) is 45.9 Å². The van der Waals surface area contributed by atoms with Gasteiger partial charge in [0, 0.05) is 13.1 Å². The minimum atomic E-state index is 0.451. The molecular formula is C12H23N. The van der Waals surface area contributed by atoms with Crippen LogP contribution in [0.25, 0.3) is 0 Å². The lowest BCUT2D eigenvalue weighted by molar-refractivity contribution is 0.309. The van der Waals surface area contributed by atoms with Gasteiger partial charge in [0.05, 0.1) is 0 Å². The number of likely N-dealkylation sites (N-methyl/N-ethyl adjacent to an activating group) is 1. The minimum Gasteiger partial charge on any atom is -0.374 e. The molecule has 0 rings (SSSR count). The average molecular weight is 181 g/mol. The fraction of sp³-hybridized carbons (Fsp3) is 0.667. The molecule has 0 N–H and O–H groups in total. The van der Waals surface area contributed by atoms with Crippen molar-refractivity contribution in [3.05, 3.63) is 24.9 Å². The molecule has 0 aliphatic carbocycles. The summed E-state index contributed by atoms with van der Waals surface area (Å²) in [4.78, 5) is 2.15. The summed E-state index contributed by atoms with van der Waals surface area (Å²) in [5.41, 5.74) is 1.22. The van der Waals surface area contributed by atoms with Crippen LogP contribution in [0.3, 0.4) is 0 Å². The van der Waals surface area contributed by atoms with Gasteiger partial charge in [-0.1, -0.05) is 39.0 Å². The maximum atomic E-state index is 4.02. The van der Waals surface area contributed by atoms with Gasteiger partial charge in [-0.2, -0.15) is 0 Å². The summed E-state index contributed by atoms with van der Waals surface area (Å²) in [6, 6.07) is 0.451. The van der Waals surface area contributed by atoms with Gasteiger partial charge in [0.25, 0.3) is 0 Å². The van der Waals surface area contributed by atoms with Gasteiger partial charge >= 0.3 is 0 Å². The van der Waals surface area contributed by atoms with Crippen molar-refractivity contribution in [2.45, 2.75) is 39.7 Å². The summed E-state index contributed by atoms with van der Waals surface area (Å²) >= 11 is 0. The Bertz CT molecular complexity index is 172. The van der Waals surface area contributed by atoms with E-state index in [-0.39, 0.29) is 0 Å². The predicted octanol–water partition coefficient (Wildman–Crippen LogP) is 3.44. The van der Waals surface area contributed by atoms with Crippen molar-refractivity contribution in [2.75, 3.05) is 7.05 Å². The van der Waals surface area contributed by atoms with Crippen molar-refractivity contribution in [2.24, 2.45) is 5.92 Å². The van der Waals surface area contributed by atoms with E-state index < -0.39 is 0 Å². The fourth-order valence-corrected chi connectivity index (χ4v) is 1.39. The lowest BCUT2D eigenvalue weighted by atomic mass is 9.95. The third-order valence-electron chi connectivity index (χ3n) is 2.67. The zero-order valence-corrected chi connectivity index (χ0v) is 9.51. The molecule has 0 saturated heterocycles. The van der Waals surface area contributed by atoms with E-state index in [1.165, 1.54) is 18.4 Å². The van der Waals surface area contributed by atoms with Gasteiger partial charge in [-0.25, -0.2) is 0 Å². The van der Waals surface area contributed by atoms with Crippen LogP contribution in [0.1, 0.15) is 33.6 Å². The van der Waals surface area contributed by atoms with E-state index in [1.54, 1.807) is 0 Å². The first-order chi connectivity index (χ1) is 6.02. The number of hydrogen-bond acceptors (Lipinski definition) is 1. The molecule has 0 aromatic rings. The number of rotatable bonds is 6. The summed E-state index contributed by atoms with van der Waals surface area (Å²) in [6.07, 6.45) is 4.28. The van der Waals surface area contributed by atoms with Crippen LogP contribution in [-0.2, 0) is 0 Å². The quantitative estimate of drug-likeness (QED) is 0.567. The molecule has 0 aliphatic rings. The Morgan fingerprint density at radius 2 is 2.08 bits per heavy atom. The molecule has 0 heterocycles. The van der Waals surface area contributed by atoms with E-state index in [0.29, 0.717) is 6.04 Å². The largest absolute Gasteiger partial charge is 0.374 e. The van der Waals surface area contributed by atoms with Gasteiger partial charge < -0.3 is 4.90 Å². The van der Waals surface area contributed by atoms with Gasteiger partial charge in [-0.3, -0.25) is 0 Å². The molecule has 1 heteroatoms. The van der Waals surface area contributed by atoms with Crippen molar-refractivity contribution in [3.8, 4) is 0 Å². The Kier molecular flexibility index (Phi) is 5.52. The monoisotopic (exact) mass is 181 g/mol. The Balaban J connectivity index is 4.25. The standard InChI is InChI=1S/C12H23N/c1-7-11(5)9-12(10(3)4)13(6)8-2/h8,11-12H,2-3,7,9H2,1,4-6H3. The second-order valence-electron chi connectivity index (χ2n) is 3.96. The molecule has 1 nitrogen and oxygen atoms in total. The maximum Gasteiger partial charge on any atom is 0.0490 e. The highest BCUT2D eigenvalue weighted by molar-refractivity contribution is 5.04. The Morgan fingerprint density at radius 3 is 2.38 bits per heavy atom. The molecular weight excluding hydrogens is 158 g/mol. The first-order valence-corrected chi connectivity index (χ1v) is 5.02. The fourth-order valence-electron chi connectivity index (χ4n) is 1.39. The molecule has 2 atom stereocenters. The predicted molar refractivity (Wildman–Crippen MR) is 60.6 cm³/mol. The van der Waals surface area contributed by atoms with Crippen molar-refractivity contribution < 1.29 is 0 Å². The Labute approximate surface area is 83.1 Å². The molecule has 0 aromatic heterocycles.